The molecule has 0 aliphatic heterocycles. The molecular weight excluding hydrogens is 356 g/mol. The van der Waals surface area contributed by atoms with Crippen LogP contribution < -0.4 is 10.0 Å². The van der Waals surface area contributed by atoms with E-state index in [9.17, 15) is 13.5 Å². The zero-order valence-corrected chi connectivity index (χ0v) is 13.9. The molecule has 2 rings (SSSR count). The van der Waals surface area contributed by atoms with Crippen molar-refractivity contribution >= 4 is 37.3 Å². The fraction of sp³-hybridized carbons (Fsp3) is 0.143. The number of rotatable bonds is 3. The topological polar surface area (TPSA) is 83.6 Å². The van der Waals surface area contributed by atoms with Crippen molar-refractivity contribution in [3.05, 3.63) is 46.4 Å². The van der Waals surface area contributed by atoms with Gasteiger partial charge in [-0.25, -0.2) is 8.42 Å². The van der Waals surface area contributed by atoms with E-state index < -0.39 is 10.0 Å². The van der Waals surface area contributed by atoms with E-state index in [0.717, 1.165) is 4.31 Å². The number of sulfonamides is 1. The first-order valence-electron chi connectivity index (χ1n) is 6.07. The first-order valence-corrected chi connectivity index (χ1v) is 8.30. The predicted molar refractivity (Wildman–Crippen MR) is 87.0 cm³/mol. The average Bonchev–Trinajstić information content (AvgIpc) is 2.41. The summed E-state index contributed by atoms with van der Waals surface area (Å²) in [4.78, 5) is 0.125. The Bertz CT molecular complexity index is 791. The van der Waals surface area contributed by atoms with Gasteiger partial charge in [0.15, 0.2) is 0 Å². The lowest BCUT2D eigenvalue weighted by Gasteiger charge is -2.21. The van der Waals surface area contributed by atoms with Crippen molar-refractivity contribution in [1.82, 2.24) is 0 Å². The highest BCUT2D eigenvalue weighted by molar-refractivity contribution is 9.10. The molecule has 3 N–H and O–H groups in total. The summed E-state index contributed by atoms with van der Waals surface area (Å²) in [6, 6.07) is 9.22. The van der Waals surface area contributed by atoms with E-state index in [-0.39, 0.29) is 10.6 Å². The van der Waals surface area contributed by atoms with E-state index in [1.165, 1.54) is 25.2 Å². The zero-order chi connectivity index (χ0) is 15.8. The number of anilines is 2. The third-order valence-corrected chi connectivity index (χ3v) is 5.57. The fourth-order valence-electron chi connectivity index (χ4n) is 1.92. The molecule has 0 radical (unpaired) electrons. The van der Waals surface area contributed by atoms with Gasteiger partial charge in [0, 0.05) is 23.3 Å². The van der Waals surface area contributed by atoms with Crippen molar-refractivity contribution in [2.45, 2.75) is 11.8 Å². The molecular formula is C14H15BrN2O3S. The number of phenolic OH excluding ortho intramolecular Hbond substituents is 1. The number of hydrogen-bond donors (Lipinski definition) is 2. The van der Waals surface area contributed by atoms with Crippen LogP contribution in [-0.2, 0) is 10.0 Å². The van der Waals surface area contributed by atoms with E-state index in [0.29, 0.717) is 21.4 Å². The van der Waals surface area contributed by atoms with Gasteiger partial charge in [0.1, 0.15) is 5.75 Å². The molecule has 0 aromatic heterocycles. The van der Waals surface area contributed by atoms with Crippen molar-refractivity contribution in [3.8, 4) is 5.75 Å². The summed E-state index contributed by atoms with van der Waals surface area (Å²) in [5, 5.41) is 9.49. The molecule has 0 saturated carbocycles. The van der Waals surface area contributed by atoms with Crippen LogP contribution in [0.15, 0.2) is 45.8 Å². The second-order valence-corrected chi connectivity index (χ2v) is 7.46. The maximum absolute atomic E-state index is 12.7. The molecule has 0 aliphatic rings. The number of nitrogen functional groups attached to an aromatic ring is 1. The molecule has 0 heterocycles. The number of nitrogens with zero attached hydrogens (tertiary/aromatic N) is 1. The number of aromatic hydroxyl groups is 1. The largest absolute Gasteiger partial charge is 0.508 e. The highest BCUT2D eigenvalue weighted by Crippen LogP contribution is 2.31. The number of halogens is 1. The van der Waals surface area contributed by atoms with Gasteiger partial charge in [0.05, 0.1) is 10.6 Å². The van der Waals surface area contributed by atoms with Crippen LogP contribution in [0.5, 0.6) is 5.75 Å². The molecule has 2 aromatic rings. The van der Waals surface area contributed by atoms with Crippen LogP contribution in [0.1, 0.15) is 5.56 Å². The predicted octanol–water partition coefficient (Wildman–Crippen LogP) is 2.87. The smallest absolute Gasteiger partial charge is 0.264 e. The molecule has 21 heavy (non-hydrogen) atoms. The molecule has 0 saturated heterocycles. The van der Waals surface area contributed by atoms with Crippen LogP contribution in [0, 0.1) is 6.92 Å². The summed E-state index contributed by atoms with van der Waals surface area (Å²) in [6.45, 7) is 1.66. The van der Waals surface area contributed by atoms with Gasteiger partial charge in [-0.3, -0.25) is 4.31 Å². The first kappa shape index (κ1) is 15.7. The van der Waals surface area contributed by atoms with Gasteiger partial charge in [0.25, 0.3) is 10.0 Å². The van der Waals surface area contributed by atoms with Gasteiger partial charge < -0.3 is 10.8 Å². The summed E-state index contributed by atoms with van der Waals surface area (Å²) >= 11 is 3.25. The SMILES string of the molecule is Cc1c(N)cc(Br)cc1S(=O)(=O)N(C)c1cccc(O)c1. The minimum atomic E-state index is -3.77. The van der Waals surface area contributed by atoms with Crippen LogP contribution in [0.3, 0.4) is 0 Å². The number of hydrogen-bond acceptors (Lipinski definition) is 4. The highest BCUT2D eigenvalue weighted by Gasteiger charge is 2.25. The van der Waals surface area contributed by atoms with Crippen LogP contribution in [0.2, 0.25) is 0 Å². The van der Waals surface area contributed by atoms with Crippen molar-refractivity contribution in [2.75, 3.05) is 17.1 Å². The zero-order valence-electron chi connectivity index (χ0n) is 11.5. The molecule has 112 valence electrons. The molecule has 5 nitrogen and oxygen atoms in total. The van der Waals surface area contributed by atoms with Gasteiger partial charge in [-0.15, -0.1) is 0 Å². The van der Waals surface area contributed by atoms with Crippen LogP contribution in [0.25, 0.3) is 0 Å². The molecule has 0 atom stereocenters. The second kappa shape index (κ2) is 5.57. The lowest BCUT2D eigenvalue weighted by atomic mass is 10.2. The molecule has 7 heteroatoms. The molecule has 0 unspecified atom stereocenters. The van der Waals surface area contributed by atoms with E-state index in [4.69, 9.17) is 5.73 Å². The van der Waals surface area contributed by atoms with Gasteiger partial charge in [0.2, 0.25) is 0 Å². The number of phenols is 1. The van der Waals surface area contributed by atoms with Gasteiger partial charge >= 0.3 is 0 Å². The monoisotopic (exact) mass is 370 g/mol. The Morgan fingerprint density at radius 3 is 2.52 bits per heavy atom. The lowest BCUT2D eigenvalue weighted by Crippen LogP contribution is -2.27. The van der Waals surface area contributed by atoms with Gasteiger partial charge in [-0.1, -0.05) is 22.0 Å². The third-order valence-electron chi connectivity index (χ3n) is 3.20. The summed E-state index contributed by atoms with van der Waals surface area (Å²) in [6.07, 6.45) is 0. The Balaban J connectivity index is 2.57. The summed E-state index contributed by atoms with van der Waals surface area (Å²) in [5.41, 5.74) is 7.08. The summed E-state index contributed by atoms with van der Waals surface area (Å²) in [7, 11) is -2.34. The normalized spacial score (nSPS) is 11.4. The van der Waals surface area contributed by atoms with Gasteiger partial charge in [-0.05, 0) is 36.8 Å². The maximum atomic E-state index is 12.7. The summed E-state index contributed by atoms with van der Waals surface area (Å²) < 4.78 is 27.2. The first-order chi connectivity index (χ1) is 9.73. The van der Waals surface area contributed by atoms with Crippen LogP contribution >= 0.6 is 15.9 Å². The van der Waals surface area contributed by atoms with E-state index in [2.05, 4.69) is 15.9 Å². The molecule has 0 bridgehead atoms. The van der Waals surface area contributed by atoms with Crippen molar-refractivity contribution in [1.29, 1.82) is 0 Å². The van der Waals surface area contributed by atoms with Crippen molar-refractivity contribution in [3.63, 3.8) is 0 Å². The molecule has 2 aromatic carbocycles. The average molecular weight is 371 g/mol. The maximum Gasteiger partial charge on any atom is 0.264 e. The van der Waals surface area contributed by atoms with E-state index in [1.807, 2.05) is 0 Å². The molecule has 0 spiro atoms. The van der Waals surface area contributed by atoms with Crippen molar-refractivity contribution in [2.24, 2.45) is 0 Å². The second-order valence-electron chi connectivity index (χ2n) is 4.61. The quantitative estimate of drug-likeness (QED) is 0.813. The Morgan fingerprint density at radius 1 is 1.24 bits per heavy atom. The Morgan fingerprint density at radius 2 is 1.90 bits per heavy atom. The molecule has 0 amide bonds. The lowest BCUT2D eigenvalue weighted by molar-refractivity contribution is 0.475. The Kier molecular flexibility index (Phi) is 4.15. The molecule has 0 fully saturated rings. The third kappa shape index (κ3) is 2.98. The molecule has 0 aliphatic carbocycles. The minimum absolute atomic E-state index is 0.0000260. The van der Waals surface area contributed by atoms with E-state index in [1.54, 1.807) is 25.1 Å². The van der Waals surface area contributed by atoms with E-state index >= 15 is 0 Å². The van der Waals surface area contributed by atoms with Crippen molar-refractivity contribution < 1.29 is 13.5 Å². The summed E-state index contributed by atoms with van der Waals surface area (Å²) in [5.74, 6) is 0.0000260. The fourth-order valence-corrected chi connectivity index (χ4v) is 4.01. The van der Waals surface area contributed by atoms with Gasteiger partial charge in [-0.2, -0.15) is 0 Å². The number of nitrogens with two attached hydrogens (primary N) is 1. The van der Waals surface area contributed by atoms with Crippen LogP contribution in [-0.4, -0.2) is 20.6 Å². The highest BCUT2D eigenvalue weighted by atomic mass is 79.9. The minimum Gasteiger partial charge on any atom is -0.508 e. The Labute approximate surface area is 132 Å². The standard InChI is InChI=1S/C14H15BrN2O3S/c1-9-13(16)6-10(15)7-14(9)21(19,20)17(2)11-4-3-5-12(18)8-11/h3-8,18H,16H2,1-2H3. The Hall–Kier alpha value is -1.73. The van der Waals surface area contributed by atoms with Crippen LogP contribution in [0.4, 0.5) is 11.4 Å². The number of benzene rings is 2.